The number of ether oxygens (including phenoxy) is 1. The van der Waals surface area contributed by atoms with Crippen molar-refractivity contribution in [2.75, 3.05) is 13.1 Å². The van der Waals surface area contributed by atoms with Crippen molar-refractivity contribution >= 4 is 5.91 Å². The number of rotatable bonds is 6. The van der Waals surface area contributed by atoms with Crippen LogP contribution < -0.4 is 4.74 Å². The molecule has 29 heavy (non-hydrogen) atoms. The van der Waals surface area contributed by atoms with Gasteiger partial charge in [-0.05, 0) is 42.9 Å². The topological polar surface area (TPSA) is 68.5 Å². The number of amides is 1. The highest BCUT2D eigenvalue weighted by molar-refractivity contribution is 5.97. The second-order valence-electron chi connectivity index (χ2n) is 7.44. The van der Waals surface area contributed by atoms with Gasteiger partial charge in [-0.15, -0.1) is 0 Å². The monoisotopic (exact) mass is 391 g/mol. The first kappa shape index (κ1) is 19.2. The van der Waals surface area contributed by atoms with Crippen LogP contribution in [0, 0.1) is 12.8 Å². The number of likely N-dealkylation sites (tertiary alicyclic amines) is 1. The Morgan fingerprint density at radius 2 is 1.83 bits per heavy atom. The maximum Gasteiger partial charge on any atom is 0.257 e. The highest BCUT2D eigenvalue weighted by atomic mass is 16.5. The molecule has 2 aromatic carbocycles. The number of piperidine rings is 1. The molecule has 1 aliphatic heterocycles. The van der Waals surface area contributed by atoms with Crippen molar-refractivity contribution in [3.05, 3.63) is 77.4 Å². The van der Waals surface area contributed by atoms with E-state index in [0.717, 1.165) is 32.4 Å². The van der Waals surface area contributed by atoms with Crippen LogP contribution in [0.2, 0.25) is 0 Å². The van der Waals surface area contributed by atoms with Gasteiger partial charge in [-0.2, -0.15) is 4.98 Å². The molecule has 1 saturated heterocycles. The van der Waals surface area contributed by atoms with Crippen LogP contribution in [-0.4, -0.2) is 34.0 Å². The van der Waals surface area contributed by atoms with Crippen LogP contribution in [0.1, 0.15) is 40.5 Å². The van der Waals surface area contributed by atoms with Crippen LogP contribution in [0.15, 0.2) is 59.1 Å². The Balaban J connectivity index is 1.36. The fourth-order valence-electron chi connectivity index (χ4n) is 3.77. The summed E-state index contributed by atoms with van der Waals surface area (Å²) < 4.78 is 10.8. The number of aryl methyl sites for hydroxylation is 1. The van der Waals surface area contributed by atoms with Crippen molar-refractivity contribution in [2.45, 2.75) is 32.8 Å². The normalized spacial score (nSPS) is 14.7. The van der Waals surface area contributed by atoms with Crippen molar-refractivity contribution in [1.29, 1.82) is 0 Å². The van der Waals surface area contributed by atoms with Gasteiger partial charge in [0.05, 0.1) is 5.56 Å². The molecule has 0 aliphatic carbocycles. The number of benzene rings is 2. The first-order valence-corrected chi connectivity index (χ1v) is 10.0. The van der Waals surface area contributed by atoms with Crippen molar-refractivity contribution in [3.63, 3.8) is 0 Å². The highest BCUT2D eigenvalue weighted by Crippen LogP contribution is 2.26. The van der Waals surface area contributed by atoms with Crippen LogP contribution >= 0.6 is 0 Å². The smallest absolute Gasteiger partial charge is 0.257 e. The highest BCUT2D eigenvalue weighted by Gasteiger charge is 2.25. The molecule has 0 unspecified atom stereocenters. The molecule has 1 amide bonds. The molecule has 0 radical (unpaired) electrons. The summed E-state index contributed by atoms with van der Waals surface area (Å²) in [7, 11) is 0. The van der Waals surface area contributed by atoms with Gasteiger partial charge >= 0.3 is 0 Å². The molecule has 0 bridgehead atoms. The van der Waals surface area contributed by atoms with E-state index in [-0.39, 0.29) is 12.5 Å². The predicted molar refractivity (Wildman–Crippen MR) is 109 cm³/mol. The van der Waals surface area contributed by atoms with Crippen LogP contribution in [-0.2, 0) is 13.0 Å². The van der Waals surface area contributed by atoms with Gasteiger partial charge in [0.15, 0.2) is 6.61 Å². The third kappa shape index (κ3) is 4.83. The predicted octanol–water partition coefficient (Wildman–Crippen LogP) is 4.05. The van der Waals surface area contributed by atoms with Gasteiger partial charge in [-0.25, -0.2) is 0 Å². The molecule has 0 saturated carbocycles. The van der Waals surface area contributed by atoms with Gasteiger partial charge in [0.2, 0.25) is 11.7 Å². The van der Waals surface area contributed by atoms with Crippen molar-refractivity contribution < 1.29 is 14.1 Å². The van der Waals surface area contributed by atoms with E-state index in [1.807, 2.05) is 35.2 Å². The number of hydrogen-bond donors (Lipinski definition) is 0. The van der Waals surface area contributed by atoms with Crippen LogP contribution in [0.3, 0.4) is 0 Å². The van der Waals surface area contributed by atoms with E-state index in [1.165, 1.54) is 5.56 Å². The first-order valence-electron chi connectivity index (χ1n) is 10.0. The fourth-order valence-corrected chi connectivity index (χ4v) is 3.77. The minimum atomic E-state index is 0.0167. The quantitative estimate of drug-likeness (QED) is 0.634. The molecule has 150 valence electrons. The van der Waals surface area contributed by atoms with Crippen LogP contribution in [0.4, 0.5) is 0 Å². The van der Waals surface area contributed by atoms with Crippen molar-refractivity contribution in [1.82, 2.24) is 15.0 Å². The molecule has 0 atom stereocenters. The summed E-state index contributed by atoms with van der Waals surface area (Å²) in [6.45, 7) is 3.44. The minimum absolute atomic E-state index is 0.0167. The molecule has 0 spiro atoms. The minimum Gasteiger partial charge on any atom is -0.485 e. The van der Waals surface area contributed by atoms with Gasteiger partial charge in [0, 0.05) is 20.0 Å². The van der Waals surface area contributed by atoms with E-state index in [2.05, 4.69) is 34.4 Å². The van der Waals surface area contributed by atoms with E-state index >= 15 is 0 Å². The Kier molecular flexibility index (Phi) is 5.89. The summed E-state index contributed by atoms with van der Waals surface area (Å²) in [5, 5.41) is 3.83. The Morgan fingerprint density at radius 3 is 2.55 bits per heavy atom. The third-order valence-electron chi connectivity index (χ3n) is 5.31. The van der Waals surface area contributed by atoms with Gasteiger partial charge in [-0.1, -0.05) is 47.6 Å². The number of aromatic nitrogens is 2. The average molecular weight is 391 g/mol. The van der Waals surface area contributed by atoms with Gasteiger partial charge < -0.3 is 14.2 Å². The lowest BCUT2D eigenvalue weighted by molar-refractivity contribution is 0.0685. The first-order chi connectivity index (χ1) is 14.2. The molecular weight excluding hydrogens is 366 g/mol. The molecule has 0 N–H and O–H groups in total. The van der Waals surface area contributed by atoms with E-state index < -0.39 is 0 Å². The molecule has 3 aromatic rings. The lowest BCUT2D eigenvalue weighted by Crippen LogP contribution is -2.39. The van der Waals surface area contributed by atoms with Crippen molar-refractivity contribution in [2.24, 2.45) is 5.92 Å². The number of carbonyl (C=O) groups is 1. The number of carbonyl (C=O) groups excluding carboxylic acids is 1. The third-order valence-corrected chi connectivity index (χ3v) is 5.31. The van der Waals surface area contributed by atoms with Crippen LogP contribution in [0.25, 0.3) is 0 Å². The molecule has 1 aliphatic rings. The lowest BCUT2D eigenvalue weighted by atomic mass is 9.90. The number of hydrogen-bond acceptors (Lipinski definition) is 5. The number of para-hydroxylation sites is 1. The number of nitrogens with zero attached hydrogens (tertiary/aromatic N) is 3. The van der Waals surface area contributed by atoms with E-state index in [9.17, 15) is 4.79 Å². The Labute approximate surface area is 170 Å². The Morgan fingerprint density at radius 1 is 1.10 bits per heavy atom. The summed E-state index contributed by atoms with van der Waals surface area (Å²) in [5.74, 6) is 2.14. The van der Waals surface area contributed by atoms with E-state index in [1.54, 1.807) is 6.92 Å². The lowest BCUT2D eigenvalue weighted by Gasteiger charge is -2.32. The second kappa shape index (κ2) is 8.90. The molecule has 6 nitrogen and oxygen atoms in total. The average Bonchev–Trinajstić information content (AvgIpc) is 3.18. The molecule has 1 aromatic heterocycles. The zero-order chi connectivity index (χ0) is 20.1. The molecule has 4 rings (SSSR count). The zero-order valence-electron chi connectivity index (χ0n) is 16.6. The zero-order valence-corrected chi connectivity index (χ0v) is 16.6. The molecular formula is C23H25N3O3. The van der Waals surface area contributed by atoms with E-state index in [0.29, 0.717) is 28.9 Å². The Hall–Kier alpha value is -3.15. The maximum absolute atomic E-state index is 13.1. The largest absolute Gasteiger partial charge is 0.485 e. The fraction of sp³-hybridized carbons (Fsp3) is 0.348. The summed E-state index contributed by atoms with van der Waals surface area (Å²) in [4.78, 5) is 19.2. The summed E-state index contributed by atoms with van der Waals surface area (Å²) >= 11 is 0. The summed E-state index contributed by atoms with van der Waals surface area (Å²) in [6, 6.07) is 17.9. The standard InChI is InChI=1S/C23H25N3O3/c1-17-24-22(25-29-17)16-28-21-10-6-5-9-20(21)23(27)26-13-11-19(12-14-26)15-18-7-3-2-4-8-18/h2-10,19H,11-16H2,1H3. The summed E-state index contributed by atoms with van der Waals surface area (Å²) in [6.07, 6.45) is 3.12. The SMILES string of the molecule is Cc1nc(COc2ccccc2C(=O)N2CCC(Cc3ccccc3)CC2)no1. The van der Waals surface area contributed by atoms with Crippen LogP contribution in [0.5, 0.6) is 5.75 Å². The van der Waals surface area contributed by atoms with Gasteiger partial charge in [0.25, 0.3) is 5.91 Å². The molecule has 6 heteroatoms. The second-order valence-corrected chi connectivity index (χ2v) is 7.44. The van der Waals surface area contributed by atoms with Gasteiger partial charge in [0.1, 0.15) is 5.75 Å². The molecule has 1 fully saturated rings. The molecule has 2 heterocycles. The van der Waals surface area contributed by atoms with Crippen molar-refractivity contribution in [3.8, 4) is 5.75 Å². The van der Waals surface area contributed by atoms with E-state index in [4.69, 9.17) is 9.26 Å². The van der Waals surface area contributed by atoms with Gasteiger partial charge in [-0.3, -0.25) is 4.79 Å². The Bertz CT molecular complexity index is 947. The summed E-state index contributed by atoms with van der Waals surface area (Å²) in [5.41, 5.74) is 1.95. The maximum atomic E-state index is 13.1.